The molecule has 0 radical (unpaired) electrons. The summed E-state index contributed by atoms with van der Waals surface area (Å²) in [6.45, 7) is 6.39. The Kier molecular flexibility index (Phi) is 5.47. The Balaban J connectivity index is 3.26. The number of benzene rings is 1. The molecule has 0 saturated heterocycles. The molecule has 118 valence electrons. The van der Waals surface area contributed by atoms with Gasteiger partial charge in [-0.3, -0.25) is 4.79 Å². The molecule has 1 aromatic rings. The molecule has 0 aliphatic heterocycles. The zero-order valence-electron chi connectivity index (χ0n) is 12.5. The molecule has 0 aromatic heterocycles. The second kappa shape index (κ2) is 6.53. The predicted octanol–water partition coefficient (Wildman–Crippen LogP) is 2.22. The van der Waals surface area contributed by atoms with Gasteiger partial charge in [-0.2, -0.15) is 4.72 Å². The lowest BCUT2D eigenvalue weighted by molar-refractivity contribution is -0.140. The van der Waals surface area contributed by atoms with Crippen molar-refractivity contribution in [1.82, 2.24) is 4.72 Å². The molecule has 0 amide bonds. The molecule has 7 heteroatoms. The van der Waals surface area contributed by atoms with Crippen molar-refractivity contribution in [2.24, 2.45) is 5.92 Å². The fourth-order valence-electron chi connectivity index (χ4n) is 2.19. The number of hydrogen-bond donors (Lipinski definition) is 2. The van der Waals surface area contributed by atoms with Crippen LogP contribution in [0, 0.1) is 25.6 Å². The number of sulfonamides is 1. The van der Waals surface area contributed by atoms with E-state index in [1.54, 1.807) is 13.8 Å². The lowest BCUT2D eigenvalue weighted by atomic mass is 10.0. The molecule has 0 saturated carbocycles. The number of carboxylic acid groups (broad SMARTS) is 1. The van der Waals surface area contributed by atoms with Crippen LogP contribution < -0.4 is 4.72 Å². The van der Waals surface area contributed by atoms with E-state index in [0.717, 1.165) is 12.1 Å². The van der Waals surface area contributed by atoms with Crippen LogP contribution in [-0.2, 0) is 14.8 Å². The number of nitrogens with one attached hydrogen (secondary N) is 1. The van der Waals surface area contributed by atoms with Gasteiger partial charge in [0.05, 0.1) is 4.90 Å². The van der Waals surface area contributed by atoms with E-state index in [0.29, 0.717) is 6.42 Å². The summed E-state index contributed by atoms with van der Waals surface area (Å²) in [5, 5.41) is 9.18. The first kappa shape index (κ1) is 17.6. The molecule has 21 heavy (non-hydrogen) atoms. The van der Waals surface area contributed by atoms with E-state index in [1.807, 2.05) is 0 Å². The third-order valence-electron chi connectivity index (χ3n) is 3.45. The highest BCUT2D eigenvalue weighted by Gasteiger charge is 2.31. The van der Waals surface area contributed by atoms with E-state index in [1.165, 1.54) is 13.8 Å². The van der Waals surface area contributed by atoms with Gasteiger partial charge in [0.1, 0.15) is 11.9 Å². The fraction of sp³-hybridized carbons (Fsp3) is 0.500. The second-order valence-corrected chi connectivity index (χ2v) is 6.84. The minimum Gasteiger partial charge on any atom is -0.480 e. The Hall–Kier alpha value is -1.47. The topological polar surface area (TPSA) is 83.5 Å². The van der Waals surface area contributed by atoms with Gasteiger partial charge in [0.15, 0.2) is 0 Å². The number of aryl methyl sites for hydroxylation is 2. The van der Waals surface area contributed by atoms with Crippen molar-refractivity contribution < 1.29 is 22.7 Å². The number of rotatable bonds is 6. The van der Waals surface area contributed by atoms with Crippen LogP contribution in [-0.4, -0.2) is 25.5 Å². The number of halogens is 1. The van der Waals surface area contributed by atoms with Gasteiger partial charge in [-0.1, -0.05) is 20.3 Å². The molecule has 2 atom stereocenters. The van der Waals surface area contributed by atoms with Crippen molar-refractivity contribution in [1.29, 1.82) is 0 Å². The first-order valence-electron chi connectivity index (χ1n) is 6.62. The van der Waals surface area contributed by atoms with Crippen molar-refractivity contribution in [3.63, 3.8) is 0 Å². The first-order valence-corrected chi connectivity index (χ1v) is 8.10. The van der Waals surface area contributed by atoms with Crippen LogP contribution in [0.2, 0.25) is 0 Å². The molecule has 1 aromatic carbocycles. The van der Waals surface area contributed by atoms with Crippen LogP contribution in [0.15, 0.2) is 17.0 Å². The average Bonchev–Trinajstić information content (AvgIpc) is 2.33. The third-order valence-corrected chi connectivity index (χ3v) is 5.20. The van der Waals surface area contributed by atoms with Crippen molar-refractivity contribution in [3.05, 3.63) is 29.1 Å². The van der Waals surface area contributed by atoms with Crippen LogP contribution in [0.4, 0.5) is 4.39 Å². The summed E-state index contributed by atoms with van der Waals surface area (Å²) in [5.74, 6) is -2.12. The van der Waals surface area contributed by atoms with Gasteiger partial charge in [0.2, 0.25) is 10.0 Å². The monoisotopic (exact) mass is 317 g/mol. The quantitative estimate of drug-likeness (QED) is 0.842. The molecule has 0 bridgehead atoms. The zero-order chi connectivity index (χ0) is 16.4. The second-order valence-electron chi connectivity index (χ2n) is 5.19. The zero-order valence-corrected chi connectivity index (χ0v) is 13.3. The fourth-order valence-corrected chi connectivity index (χ4v) is 3.94. The molecule has 0 fully saturated rings. The third kappa shape index (κ3) is 4.01. The number of carboxylic acids is 1. The summed E-state index contributed by atoms with van der Waals surface area (Å²) in [6.07, 6.45) is 0.515. The number of aliphatic carboxylic acids is 1. The van der Waals surface area contributed by atoms with Gasteiger partial charge in [-0.05, 0) is 43.0 Å². The molecular weight excluding hydrogens is 297 g/mol. The predicted molar refractivity (Wildman–Crippen MR) is 77.1 cm³/mol. The highest BCUT2D eigenvalue weighted by molar-refractivity contribution is 7.89. The Morgan fingerprint density at radius 2 is 1.81 bits per heavy atom. The van der Waals surface area contributed by atoms with Crippen LogP contribution in [0.3, 0.4) is 0 Å². The first-order chi connectivity index (χ1) is 9.60. The minimum absolute atomic E-state index is 0.0709. The molecule has 5 nitrogen and oxygen atoms in total. The van der Waals surface area contributed by atoms with Crippen LogP contribution in [0.1, 0.15) is 31.4 Å². The van der Waals surface area contributed by atoms with E-state index >= 15 is 0 Å². The van der Waals surface area contributed by atoms with Gasteiger partial charge in [0.25, 0.3) is 0 Å². The lowest BCUT2D eigenvalue weighted by Gasteiger charge is -2.21. The standard InChI is InChI=1S/C14H20FNO4S/c1-5-8(2)12(14(17)18)16-21(19,20)13-9(3)6-11(15)7-10(13)4/h6-8,12,16H,5H2,1-4H3,(H,17,18)/t8?,12-/m0/s1. The van der Waals surface area contributed by atoms with E-state index in [4.69, 9.17) is 0 Å². The van der Waals surface area contributed by atoms with Crippen molar-refractivity contribution >= 4 is 16.0 Å². The largest absolute Gasteiger partial charge is 0.480 e. The summed E-state index contributed by atoms with van der Waals surface area (Å²) in [4.78, 5) is 11.2. The Labute approximate surface area is 124 Å². The SMILES string of the molecule is CCC(C)[C@H](NS(=O)(=O)c1c(C)cc(F)cc1C)C(=O)O. The summed E-state index contributed by atoms with van der Waals surface area (Å²) in [5.41, 5.74) is 0.488. The Morgan fingerprint density at radius 3 is 2.19 bits per heavy atom. The van der Waals surface area contributed by atoms with Gasteiger partial charge in [-0.25, -0.2) is 12.8 Å². The van der Waals surface area contributed by atoms with E-state index in [2.05, 4.69) is 4.72 Å². The van der Waals surface area contributed by atoms with Crippen molar-refractivity contribution in [2.75, 3.05) is 0 Å². The van der Waals surface area contributed by atoms with Gasteiger partial charge in [-0.15, -0.1) is 0 Å². The van der Waals surface area contributed by atoms with Crippen molar-refractivity contribution in [2.45, 2.75) is 45.1 Å². The molecule has 0 aliphatic carbocycles. The van der Waals surface area contributed by atoms with E-state index in [9.17, 15) is 22.7 Å². The number of hydrogen-bond acceptors (Lipinski definition) is 3. The summed E-state index contributed by atoms with van der Waals surface area (Å²) in [6, 6.07) is 1.00. The Morgan fingerprint density at radius 1 is 1.33 bits per heavy atom. The van der Waals surface area contributed by atoms with E-state index in [-0.39, 0.29) is 21.9 Å². The van der Waals surface area contributed by atoms with Crippen LogP contribution in [0.5, 0.6) is 0 Å². The average molecular weight is 317 g/mol. The van der Waals surface area contributed by atoms with Crippen LogP contribution >= 0.6 is 0 Å². The molecular formula is C14H20FNO4S. The molecule has 1 rings (SSSR count). The highest BCUT2D eigenvalue weighted by atomic mass is 32.2. The number of carbonyl (C=O) groups is 1. The van der Waals surface area contributed by atoms with E-state index < -0.39 is 27.9 Å². The highest BCUT2D eigenvalue weighted by Crippen LogP contribution is 2.22. The maximum atomic E-state index is 13.3. The van der Waals surface area contributed by atoms with Crippen LogP contribution in [0.25, 0.3) is 0 Å². The van der Waals surface area contributed by atoms with Gasteiger partial charge >= 0.3 is 5.97 Å². The summed E-state index contributed by atoms with van der Waals surface area (Å²) >= 11 is 0. The Bertz CT molecular complexity index is 619. The molecule has 0 spiro atoms. The summed E-state index contributed by atoms with van der Waals surface area (Å²) in [7, 11) is -4.04. The lowest BCUT2D eigenvalue weighted by Crippen LogP contribution is -2.45. The van der Waals surface area contributed by atoms with Gasteiger partial charge < -0.3 is 5.11 Å². The smallest absolute Gasteiger partial charge is 0.322 e. The minimum atomic E-state index is -4.04. The summed E-state index contributed by atoms with van der Waals surface area (Å²) < 4.78 is 40.3. The maximum Gasteiger partial charge on any atom is 0.322 e. The normalized spacial score (nSPS) is 14.7. The van der Waals surface area contributed by atoms with Gasteiger partial charge in [0, 0.05) is 0 Å². The molecule has 2 N–H and O–H groups in total. The molecule has 1 unspecified atom stereocenters. The molecule has 0 aliphatic rings. The maximum absolute atomic E-state index is 13.3. The molecule has 0 heterocycles. The van der Waals surface area contributed by atoms with Crippen molar-refractivity contribution in [3.8, 4) is 0 Å².